The molecule has 0 heterocycles. The molecule has 0 fully saturated rings. The topological polar surface area (TPSA) is 66.4 Å². The van der Waals surface area contributed by atoms with Crippen molar-refractivity contribution in [3.05, 3.63) is 58.4 Å². The van der Waals surface area contributed by atoms with Crippen molar-refractivity contribution in [2.24, 2.45) is 0 Å². The summed E-state index contributed by atoms with van der Waals surface area (Å²) in [6.07, 6.45) is 0. The maximum Gasteiger partial charge on any atom is 0.261 e. The summed E-state index contributed by atoms with van der Waals surface area (Å²) in [6.45, 7) is 1.13. The molecule has 0 bridgehead atoms. The Morgan fingerprint density at radius 2 is 2.00 bits per heavy atom. The summed E-state index contributed by atoms with van der Waals surface area (Å²) in [7, 11) is -3.92. The normalized spacial score (nSPS) is 11.4. The minimum atomic E-state index is -3.92. The second kappa shape index (κ2) is 6.01. The number of hydrogen-bond acceptors (Lipinski definition) is 3. The highest BCUT2D eigenvalue weighted by Crippen LogP contribution is 2.28. The summed E-state index contributed by atoms with van der Waals surface area (Å²) in [6, 6.07) is 8.20. The van der Waals surface area contributed by atoms with Crippen LogP contribution in [-0.4, -0.2) is 13.5 Å². The second-order valence-electron chi connectivity index (χ2n) is 4.45. The minimum Gasteiger partial charge on any atom is -0.392 e. The van der Waals surface area contributed by atoms with Gasteiger partial charge in [-0.1, -0.05) is 23.7 Å². The van der Waals surface area contributed by atoms with Gasteiger partial charge in [-0.2, -0.15) is 0 Å². The van der Waals surface area contributed by atoms with E-state index in [2.05, 4.69) is 4.72 Å². The second-order valence-corrected chi connectivity index (χ2v) is 6.54. The Bertz CT molecular complexity index is 758. The number of benzene rings is 2. The number of nitrogens with one attached hydrogen (secondary N) is 1. The van der Waals surface area contributed by atoms with Gasteiger partial charge in [0.2, 0.25) is 0 Å². The average molecular weight is 330 g/mol. The van der Waals surface area contributed by atoms with Crippen LogP contribution in [0.4, 0.5) is 10.1 Å². The summed E-state index contributed by atoms with van der Waals surface area (Å²) < 4.78 is 40.3. The SMILES string of the molecule is Cc1cccc(Cl)c1NS(=O)(=O)c1ccc(F)c(CO)c1. The van der Waals surface area contributed by atoms with E-state index in [4.69, 9.17) is 16.7 Å². The van der Waals surface area contributed by atoms with Crippen molar-refractivity contribution in [1.82, 2.24) is 0 Å². The summed E-state index contributed by atoms with van der Waals surface area (Å²) >= 11 is 5.98. The van der Waals surface area contributed by atoms with Crippen LogP contribution in [-0.2, 0) is 16.6 Å². The smallest absolute Gasteiger partial charge is 0.261 e. The highest BCUT2D eigenvalue weighted by molar-refractivity contribution is 7.92. The number of aliphatic hydroxyl groups is 1. The van der Waals surface area contributed by atoms with Crippen molar-refractivity contribution in [2.75, 3.05) is 4.72 Å². The molecule has 2 aromatic carbocycles. The van der Waals surface area contributed by atoms with Crippen LogP contribution in [0.3, 0.4) is 0 Å². The van der Waals surface area contributed by atoms with E-state index in [0.717, 1.165) is 18.2 Å². The zero-order chi connectivity index (χ0) is 15.6. The average Bonchev–Trinajstić information content (AvgIpc) is 2.43. The predicted octanol–water partition coefficient (Wildman–Crippen LogP) is 3.08. The molecule has 0 aliphatic rings. The molecule has 0 spiro atoms. The zero-order valence-electron chi connectivity index (χ0n) is 11.1. The number of hydrogen-bond donors (Lipinski definition) is 2. The Morgan fingerprint density at radius 3 is 2.62 bits per heavy atom. The third-order valence-electron chi connectivity index (χ3n) is 2.96. The first-order valence-electron chi connectivity index (χ1n) is 6.02. The van der Waals surface area contributed by atoms with Crippen LogP contribution in [0.15, 0.2) is 41.3 Å². The standard InChI is InChI=1S/C14H13ClFNO3S/c1-9-3-2-4-12(15)14(9)17-21(19,20)11-5-6-13(16)10(7-11)8-18/h2-7,17-18H,8H2,1H3. The van der Waals surface area contributed by atoms with E-state index in [9.17, 15) is 12.8 Å². The number of sulfonamides is 1. The molecule has 2 N–H and O–H groups in total. The van der Waals surface area contributed by atoms with Crippen LogP contribution in [0.1, 0.15) is 11.1 Å². The molecule has 2 aromatic rings. The lowest BCUT2D eigenvalue weighted by Crippen LogP contribution is -2.14. The van der Waals surface area contributed by atoms with Gasteiger partial charge < -0.3 is 5.11 Å². The van der Waals surface area contributed by atoms with Gasteiger partial charge in [-0.25, -0.2) is 12.8 Å². The van der Waals surface area contributed by atoms with Crippen LogP contribution in [0.25, 0.3) is 0 Å². The molecule has 0 saturated heterocycles. The van der Waals surface area contributed by atoms with Gasteiger partial charge in [0, 0.05) is 5.56 Å². The number of rotatable bonds is 4. The Morgan fingerprint density at radius 1 is 1.29 bits per heavy atom. The van der Waals surface area contributed by atoms with Crippen molar-refractivity contribution in [2.45, 2.75) is 18.4 Å². The molecule has 0 amide bonds. The number of aryl methyl sites for hydroxylation is 1. The van der Waals surface area contributed by atoms with Gasteiger partial charge >= 0.3 is 0 Å². The van der Waals surface area contributed by atoms with Gasteiger partial charge in [-0.3, -0.25) is 4.72 Å². The van der Waals surface area contributed by atoms with E-state index >= 15 is 0 Å². The van der Waals surface area contributed by atoms with E-state index in [0.29, 0.717) is 5.56 Å². The first-order chi connectivity index (χ1) is 9.85. The third-order valence-corrected chi connectivity index (χ3v) is 4.62. The molecule has 112 valence electrons. The van der Waals surface area contributed by atoms with Gasteiger partial charge in [0.15, 0.2) is 0 Å². The number of aliphatic hydroxyl groups excluding tert-OH is 1. The highest BCUT2D eigenvalue weighted by Gasteiger charge is 2.18. The third kappa shape index (κ3) is 3.34. The molecule has 0 aromatic heterocycles. The van der Waals surface area contributed by atoms with Gasteiger partial charge in [-0.15, -0.1) is 0 Å². The summed E-state index contributed by atoms with van der Waals surface area (Å²) in [5, 5.41) is 9.28. The summed E-state index contributed by atoms with van der Waals surface area (Å²) in [5.74, 6) is -0.662. The molecule has 7 heteroatoms. The van der Waals surface area contributed by atoms with Crippen molar-refractivity contribution in [3.8, 4) is 0 Å². The fourth-order valence-corrected chi connectivity index (χ4v) is 3.32. The Kier molecular flexibility index (Phi) is 4.51. The van der Waals surface area contributed by atoms with E-state index < -0.39 is 22.4 Å². The fraction of sp³-hybridized carbons (Fsp3) is 0.143. The Hall–Kier alpha value is -1.63. The lowest BCUT2D eigenvalue weighted by Gasteiger charge is -2.12. The maximum atomic E-state index is 13.3. The molecule has 0 unspecified atom stereocenters. The molecule has 0 saturated carbocycles. The molecule has 0 radical (unpaired) electrons. The first-order valence-corrected chi connectivity index (χ1v) is 7.88. The fourth-order valence-electron chi connectivity index (χ4n) is 1.79. The van der Waals surface area contributed by atoms with Crippen LogP contribution in [0, 0.1) is 12.7 Å². The van der Waals surface area contributed by atoms with E-state index in [1.165, 1.54) is 0 Å². The van der Waals surface area contributed by atoms with Crippen molar-refractivity contribution in [1.29, 1.82) is 0 Å². The predicted molar refractivity (Wildman–Crippen MR) is 79.3 cm³/mol. The molecule has 4 nitrogen and oxygen atoms in total. The molecular formula is C14H13ClFNO3S. The molecule has 21 heavy (non-hydrogen) atoms. The minimum absolute atomic E-state index is 0.0891. The zero-order valence-corrected chi connectivity index (χ0v) is 12.7. The lowest BCUT2D eigenvalue weighted by atomic mass is 10.2. The monoisotopic (exact) mass is 329 g/mol. The number of halogens is 2. The molecule has 0 aliphatic heterocycles. The van der Waals surface area contributed by atoms with Crippen molar-refractivity contribution >= 4 is 27.3 Å². The van der Waals surface area contributed by atoms with Crippen molar-refractivity contribution in [3.63, 3.8) is 0 Å². The Labute approximate surface area is 127 Å². The van der Waals surface area contributed by atoms with Crippen LogP contribution >= 0.6 is 11.6 Å². The van der Waals surface area contributed by atoms with Crippen LogP contribution in [0.2, 0.25) is 5.02 Å². The molecule has 2 rings (SSSR count). The number of para-hydroxylation sites is 1. The molecule has 0 atom stereocenters. The quantitative estimate of drug-likeness (QED) is 0.906. The van der Waals surface area contributed by atoms with Crippen LogP contribution in [0.5, 0.6) is 0 Å². The molecular weight excluding hydrogens is 317 g/mol. The summed E-state index contributed by atoms with van der Waals surface area (Å²) in [4.78, 5) is -0.146. The van der Waals surface area contributed by atoms with Gasteiger partial charge in [0.25, 0.3) is 10.0 Å². The van der Waals surface area contributed by atoms with Gasteiger partial charge in [-0.05, 0) is 36.8 Å². The maximum absolute atomic E-state index is 13.3. The van der Waals surface area contributed by atoms with Crippen molar-refractivity contribution < 1.29 is 17.9 Å². The largest absolute Gasteiger partial charge is 0.392 e. The van der Waals surface area contributed by atoms with Crippen LogP contribution < -0.4 is 4.72 Å². The number of anilines is 1. The van der Waals surface area contributed by atoms with E-state index in [1.807, 2.05) is 0 Å². The Balaban J connectivity index is 2.44. The summed E-state index contributed by atoms with van der Waals surface area (Å²) in [5.41, 5.74) is 0.846. The first kappa shape index (κ1) is 15.8. The van der Waals surface area contributed by atoms with Gasteiger partial charge in [0.1, 0.15) is 5.82 Å². The highest BCUT2D eigenvalue weighted by atomic mass is 35.5. The van der Waals surface area contributed by atoms with E-state index in [1.54, 1.807) is 25.1 Å². The molecule has 0 aliphatic carbocycles. The van der Waals surface area contributed by atoms with E-state index in [-0.39, 0.29) is 21.2 Å². The lowest BCUT2D eigenvalue weighted by molar-refractivity contribution is 0.275. The van der Waals surface area contributed by atoms with Gasteiger partial charge in [0.05, 0.1) is 22.2 Å².